The topological polar surface area (TPSA) is 68.5 Å². The zero-order valence-electron chi connectivity index (χ0n) is 13.9. The molecule has 0 fully saturated rings. The average molecular weight is 337 g/mol. The number of hydrogen-bond acceptors (Lipinski definition) is 3. The molecule has 0 aliphatic heterocycles. The predicted octanol–water partition coefficient (Wildman–Crippen LogP) is 3.08. The van der Waals surface area contributed by atoms with Crippen LogP contribution in [0, 0.1) is 0 Å². The van der Waals surface area contributed by atoms with Gasteiger partial charge in [0.05, 0.1) is 12.1 Å². The number of pyridine rings is 1. The van der Waals surface area contributed by atoms with Gasteiger partial charge in [-0.15, -0.1) is 0 Å². The molecule has 1 N–H and O–H groups in total. The van der Waals surface area contributed by atoms with E-state index >= 15 is 0 Å². The van der Waals surface area contributed by atoms with Crippen LogP contribution in [-0.2, 0) is 17.8 Å². The van der Waals surface area contributed by atoms with E-state index in [9.17, 15) is 14.7 Å². The standard InChI is InChI=1S/C20H19NO4/c1-2-25-18-10-6-3-7-14(18)11-15-12-21(13-19(22)23)17-9-5-4-8-16(17)20(15)24/h3-10,12H,2,11,13H2,1H3,(H,22,23). The Hall–Kier alpha value is -3.08. The van der Waals surface area contributed by atoms with Crippen molar-refractivity contribution in [2.24, 2.45) is 0 Å². The quantitative estimate of drug-likeness (QED) is 0.750. The number of fused-ring (bicyclic) bond motifs is 1. The molecule has 0 radical (unpaired) electrons. The Kier molecular flexibility index (Phi) is 4.84. The van der Waals surface area contributed by atoms with Gasteiger partial charge in [-0.25, -0.2) is 0 Å². The van der Waals surface area contributed by atoms with Crippen LogP contribution >= 0.6 is 0 Å². The summed E-state index contributed by atoms with van der Waals surface area (Å²) < 4.78 is 7.24. The molecule has 0 atom stereocenters. The predicted molar refractivity (Wildman–Crippen MR) is 96.3 cm³/mol. The van der Waals surface area contributed by atoms with Crippen molar-refractivity contribution < 1.29 is 14.6 Å². The monoisotopic (exact) mass is 337 g/mol. The first-order chi connectivity index (χ1) is 12.1. The lowest BCUT2D eigenvalue weighted by atomic mass is 10.0. The fourth-order valence-electron chi connectivity index (χ4n) is 2.96. The normalized spacial score (nSPS) is 10.8. The summed E-state index contributed by atoms with van der Waals surface area (Å²) in [7, 11) is 0. The van der Waals surface area contributed by atoms with Gasteiger partial charge in [0.1, 0.15) is 12.3 Å². The highest BCUT2D eigenvalue weighted by atomic mass is 16.5. The summed E-state index contributed by atoms with van der Waals surface area (Å²) in [6.07, 6.45) is 2.03. The van der Waals surface area contributed by atoms with Crippen LogP contribution in [0.15, 0.2) is 59.5 Å². The van der Waals surface area contributed by atoms with Gasteiger partial charge in [-0.05, 0) is 30.7 Å². The van der Waals surface area contributed by atoms with Crippen LogP contribution in [-0.4, -0.2) is 22.2 Å². The van der Waals surface area contributed by atoms with E-state index in [4.69, 9.17) is 4.74 Å². The number of ether oxygens (including phenoxy) is 1. The lowest BCUT2D eigenvalue weighted by molar-refractivity contribution is -0.137. The van der Waals surface area contributed by atoms with Crippen LogP contribution in [0.5, 0.6) is 5.75 Å². The molecule has 25 heavy (non-hydrogen) atoms. The van der Waals surface area contributed by atoms with Gasteiger partial charge in [0.15, 0.2) is 5.43 Å². The van der Waals surface area contributed by atoms with Crippen molar-refractivity contribution in [1.82, 2.24) is 4.57 Å². The van der Waals surface area contributed by atoms with Gasteiger partial charge in [0, 0.05) is 23.6 Å². The Balaban J connectivity index is 2.12. The van der Waals surface area contributed by atoms with Crippen molar-refractivity contribution in [2.45, 2.75) is 19.9 Å². The Bertz CT molecular complexity index is 975. The molecular weight excluding hydrogens is 318 g/mol. The molecule has 0 unspecified atom stereocenters. The van der Waals surface area contributed by atoms with E-state index in [1.807, 2.05) is 31.2 Å². The summed E-state index contributed by atoms with van der Waals surface area (Å²) in [5, 5.41) is 9.69. The molecule has 0 saturated carbocycles. The average Bonchev–Trinajstić information content (AvgIpc) is 2.60. The minimum Gasteiger partial charge on any atom is -0.494 e. The van der Waals surface area contributed by atoms with E-state index < -0.39 is 5.97 Å². The number of aliphatic carboxylic acids is 1. The Morgan fingerprint density at radius 2 is 1.80 bits per heavy atom. The third kappa shape index (κ3) is 3.55. The maximum absolute atomic E-state index is 12.8. The third-order valence-electron chi connectivity index (χ3n) is 4.02. The highest BCUT2D eigenvalue weighted by Gasteiger charge is 2.13. The maximum atomic E-state index is 12.8. The summed E-state index contributed by atoms with van der Waals surface area (Å²) in [5.74, 6) is -0.211. The fraction of sp³-hybridized carbons (Fsp3) is 0.200. The Morgan fingerprint density at radius 3 is 2.56 bits per heavy atom. The SMILES string of the molecule is CCOc1ccccc1Cc1cn(CC(=O)O)c2ccccc2c1=O. The van der Waals surface area contributed by atoms with Gasteiger partial charge in [0.2, 0.25) is 0 Å². The van der Waals surface area contributed by atoms with E-state index in [2.05, 4.69) is 0 Å². The molecule has 3 rings (SSSR count). The Labute approximate surface area is 145 Å². The van der Waals surface area contributed by atoms with Crippen LogP contribution in [0.2, 0.25) is 0 Å². The molecule has 1 aromatic heterocycles. The lowest BCUT2D eigenvalue weighted by Gasteiger charge is -2.13. The first kappa shape index (κ1) is 16.8. The zero-order chi connectivity index (χ0) is 17.8. The number of rotatable bonds is 6. The highest BCUT2D eigenvalue weighted by Crippen LogP contribution is 2.21. The van der Waals surface area contributed by atoms with Gasteiger partial charge in [0.25, 0.3) is 0 Å². The number of benzene rings is 2. The zero-order valence-corrected chi connectivity index (χ0v) is 13.9. The van der Waals surface area contributed by atoms with Crippen molar-refractivity contribution in [3.05, 3.63) is 76.1 Å². The summed E-state index contributed by atoms with van der Waals surface area (Å²) in [6.45, 7) is 2.26. The van der Waals surface area contributed by atoms with Gasteiger partial charge < -0.3 is 14.4 Å². The van der Waals surface area contributed by atoms with Crippen LogP contribution in [0.1, 0.15) is 18.1 Å². The Morgan fingerprint density at radius 1 is 1.08 bits per heavy atom. The summed E-state index contributed by atoms with van der Waals surface area (Å²) in [6, 6.07) is 14.6. The number of nitrogens with zero attached hydrogens (tertiary/aromatic N) is 1. The van der Waals surface area contributed by atoms with E-state index in [0.29, 0.717) is 29.5 Å². The molecule has 0 bridgehead atoms. The van der Waals surface area contributed by atoms with E-state index in [0.717, 1.165) is 11.3 Å². The molecule has 128 valence electrons. The van der Waals surface area contributed by atoms with Crippen LogP contribution in [0.25, 0.3) is 10.9 Å². The first-order valence-corrected chi connectivity index (χ1v) is 8.13. The molecule has 0 spiro atoms. The van der Waals surface area contributed by atoms with Crippen LogP contribution in [0.4, 0.5) is 0 Å². The number of para-hydroxylation sites is 2. The number of aromatic nitrogens is 1. The second-order valence-electron chi connectivity index (χ2n) is 5.74. The molecule has 1 heterocycles. The van der Waals surface area contributed by atoms with Crippen molar-refractivity contribution in [2.75, 3.05) is 6.61 Å². The lowest BCUT2D eigenvalue weighted by Crippen LogP contribution is -2.18. The molecule has 3 aromatic rings. The second kappa shape index (κ2) is 7.21. The fourth-order valence-corrected chi connectivity index (χ4v) is 2.96. The molecular formula is C20H19NO4. The third-order valence-corrected chi connectivity index (χ3v) is 4.02. The van der Waals surface area contributed by atoms with Crippen molar-refractivity contribution >= 4 is 16.9 Å². The molecule has 0 aliphatic carbocycles. The molecule has 2 aromatic carbocycles. The first-order valence-electron chi connectivity index (χ1n) is 8.13. The smallest absolute Gasteiger partial charge is 0.323 e. The van der Waals surface area contributed by atoms with Crippen molar-refractivity contribution in [3.8, 4) is 5.75 Å². The molecule has 0 aliphatic rings. The minimum atomic E-state index is -0.950. The van der Waals surface area contributed by atoms with Crippen LogP contribution < -0.4 is 10.2 Å². The number of carboxylic acid groups (broad SMARTS) is 1. The molecule has 5 nitrogen and oxygen atoms in total. The van der Waals surface area contributed by atoms with Crippen LogP contribution in [0.3, 0.4) is 0 Å². The molecule has 0 saturated heterocycles. The summed E-state index contributed by atoms with van der Waals surface area (Å²) in [4.78, 5) is 24.0. The second-order valence-corrected chi connectivity index (χ2v) is 5.74. The van der Waals surface area contributed by atoms with E-state index in [1.54, 1.807) is 35.0 Å². The van der Waals surface area contributed by atoms with E-state index in [-0.39, 0.29) is 12.0 Å². The van der Waals surface area contributed by atoms with Gasteiger partial charge >= 0.3 is 5.97 Å². The van der Waals surface area contributed by atoms with Crippen molar-refractivity contribution in [1.29, 1.82) is 0 Å². The minimum absolute atomic E-state index is 0.0801. The van der Waals surface area contributed by atoms with Gasteiger partial charge in [-0.3, -0.25) is 9.59 Å². The number of carboxylic acids is 1. The van der Waals surface area contributed by atoms with Gasteiger partial charge in [-0.2, -0.15) is 0 Å². The van der Waals surface area contributed by atoms with Gasteiger partial charge in [-0.1, -0.05) is 30.3 Å². The van der Waals surface area contributed by atoms with E-state index in [1.165, 1.54) is 0 Å². The highest BCUT2D eigenvalue weighted by molar-refractivity contribution is 5.81. The maximum Gasteiger partial charge on any atom is 0.323 e. The molecule has 5 heteroatoms. The summed E-state index contributed by atoms with van der Waals surface area (Å²) >= 11 is 0. The number of hydrogen-bond donors (Lipinski definition) is 1. The summed E-state index contributed by atoms with van der Waals surface area (Å²) in [5.41, 5.74) is 1.99. The van der Waals surface area contributed by atoms with Crippen molar-refractivity contribution in [3.63, 3.8) is 0 Å². The largest absolute Gasteiger partial charge is 0.494 e. The molecule has 0 amide bonds. The number of carbonyl (C=O) groups is 1.